The Hall–Kier alpha value is -2.32. The lowest BCUT2D eigenvalue weighted by molar-refractivity contribution is -0.236. The molecule has 6 aliphatic carbocycles. The maximum Gasteiger partial charge on any atom is 0.309 e. The Kier molecular flexibility index (Phi) is 9.92. The molecule has 2 N–H and O–H groups in total. The Morgan fingerprint density at radius 1 is 0.909 bits per heavy atom. The summed E-state index contributed by atoms with van der Waals surface area (Å²) in [4.78, 5) is 48.6. The summed E-state index contributed by atoms with van der Waals surface area (Å²) < 4.78 is 6.43. The zero-order valence-corrected chi connectivity index (χ0v) is 36.3. The van der Waals surface area contributed by atoms with Crippen molar-refractivity contribution in [3.05, 3.63) is 34.4 Å². The number of fused-ring (bicyclic) bond motifs is 7. The van der Waals surface area contributed by atoms with Gasteiger partial charge in [-0.05, 0) is 136 Å². The van der Waals surface area contributed by atoms with Gasteiger partial charge >= 0.3 is 11.9 Å². The first kappa shape index (κ1) is 40.9. The second kappa shape index (κ2) is 13.4. The van der Waals surface area contributed by atoms with Crippen LogP contribution in [-0.4, -0.2) is 45.4 Å². The normalized spacial score (nSPS) is 40.4. The molecule has 1 aromatic heterocycles. The number of halogens is 1. The maximum atomic E-state index is 14.1. The Balaban J connectivity index is 1.12. The molecule has 304 valence electrons. The highest BCUT2D eigenvalue weighted by Crippen LogP contribution is 2.77. The minimum absolute atomic E-state index is 0.0846. The number of nitrogens with one attached hydrogen (secondary N) is 1. The van der Waals surface area contributed by atoms with E-state index in [-0.39, 0.29) is 51.0 Å². The molecule has 0 amide bonds. The second-order valence-electron chi connectivity index (χ2n) is 21.8. The quantitative estimate of drug-likeness (QED) is 0.238. The largest absolute Gasteiger partial charge is 0.481 e. The summed E-state index contributed by atoms with van der Waals surface area (Å²) in [5.41, 5.74) is 1.64. The molecule has 0 radical (unpaired) electrons. The molecule has 55 heavy (non-hydrogen) atoms. The average molecular weight is 779 g/mol. The standard InChI is InChI=1S/C46H68ClN3O5/c1-26(2)35-31(51)23-46(20-21-50-42(7,8)39-48-24-27(47)25-49-39)19-18-44(10)28(36(35)46)12-13-33-43(9)16-15-34(41(5,6)32(43)14-17-45(33,44)11)55-38(54)30-22-29(37(52)53)40(30,3)4/h24-26,28-30,32-34,50H,12-23H2,1-11H3,(H,52,53)/t28-,29+,30-,32+,33-,34+,43+,44-,45-,46-/m1/s1. The number of aliphatic carboxylic acids is 1. The van der Waals surface area contributed by atoms with Crippen LogP contribution in [0, 0.1) is 68.0 Å². The van der Waals surface area contributed by atoms with Gasteiger partial charge in [0, 0.05) is 29.6 Å². The first-order valence-electron chi connectivity index (χ1n) is 21.4. The molecule has 0 aliphatic heterocycles. The number of nitrogens with zero attached hydrogens (tertiary/aromatic N) is 2. The van der Waals surface area contributed by atoms with Gasteiger partial charge in [-0.1, -0.05) is 79.5 Å². The zero-order chi connectivity index (χ0) is 40.3. The molecule has 0 bridgehead atoms. The molecule has 0 unspecified atom stereocenters. The molecule has 6 aliphatic rings. The summed E-state index contributed by atoms with van der Waals surface area (Å²) in [6, 6.07) is 0. The molecule has 7 rings (SSSR count). The van der Waals surface area contributed by atoms with Crippen LogP contribution in [-0.2, 0) is 24.7 Å². The number of hydrogen-bond donors (Lipinski definition) is 2. The van der Waals surface area contributed by atoms with E-state index in [0.717, 1.165) is 69.9 Å². The van der Waals surface area contributed by atoms with Crippen LogP contribution in [0.5, 0.6) is 0 Å². The van der Waals surface area contributed by atoms with Crippen molar-refractivity contribution in [2.75, 3.05) is 6.54 Å². The van der Waals surface area contributed by atoms with Crippen LogP contribution in [0.15, 0.2) is 23.5 Å². The van der Waals surface area contributed by atoms with Crippen molar-refractivity contribution in [1.82, 2.24) is 15.3 Å². The van der Waals surface area contributed by atoms with E-state index in [9.17, 15) is 19.5 Å². The second-order valence-corrected chi connectivity index (χ2v) is 22.2. The molecule has 8 nitrogen and oxygen atoms in total. The fourth-order valence-electron chi connectivity index (χ4n) is 14.5. The first-order chi connectivity index (χ1) is 25.5. The molecule has 0 saturated heterocycles. The van der Waals surface area contributed by atoms with Gasteiger partial charge in [-0.25, -0.2) is 9.97 Å². The van der Waals surface area contributed by atoms with E-state index >= 15 is 0 Å². The van der Waals surface area contributed by atoms with Crippen molar-refractivity contribution in [2.45, 2.75) is 158 Å². The number of ether oxygens (including phenoxy) is 1. The highest BCUT2D eigenvalue weighted by molar-refractivity contribution is 6.30. The molecule has 0 aromatic carbocycles. The summed E-state index contributed by atoms with van der Waals surface area (Å²) >= 11 is 6.10. The van der Waals surface area contributed by atoms with Crippen molar-refractivity contribution in [3.8, 4) is 0 Å². The molecule has 5 fully saturated rings. The number of carboxylic acids is 1. The number of allylic oxidation sites excluding steroid dienone is 2. The van der Waals surface area contributed by atoms with Gasteiger partial charge in [0.25, 0.3) is 0 Å². The highest BCUT2D eigenvalue weighted by atomic mass is 35.5. The number of carbonyl (C=O) groups is 3. The number of Topliss-reactive ketones (excluding diaryl/α,β-unsaturated/α-hetero) is 1. The van der Waals surface area contributed by atoms with Gasteiger partial charge in [0.1, 0.15) is 11.9 Å². The smallest absolute Gasteiger partial charge is 0.309 e. The number of aromatic nitrogens is 2. The Morgan fingerprint density at radius 2 is 1.58 bits per heavy atom. The van der Waals surface area contributed by atoms with E-state index in [0.29, 0.717) is 47.2 Å². The minimum atomic E-state index is -0.821. The Bertz CT molecular complexity index is 1770. The van der Waals surface area contributed by atoms with E-state index in [1.807, 2.05) is 13.8 Å². The van der Waals surface area contributed by atoms with E-state index in [2.05, 4.69) is 77.6 Å². The molecule has 0 spiro atoms. The lowest BCUT2D eigenvalue weighted by Gasteiger charge is -2.72. The molecule has 1 heterocycles. The first-order valence-corrected chi connectivity index (χ1v) is 21.8. The summed E-state index contributed by atoms with van der Waals surface area (Å²) in [5, 5.41) is 14.0. The summed E-state index contributed by atoms with van der Waals surface area (Å²) in [7, 11) is 0. The third-order valence-corrected chi connectivity index (χ3v) is 18.2. The third-order valence-electron chi connectivity index (χ3n) is 18.0. The molecular weight excluding hydrogens is 710 g/mol. The highest BCUT2D eigenvalue weighted by Gasteiger charge is 2.70. The van der Waals surface area contributed by atoms with Crippen LogP contribution in [0.2, 0.25) is 5.02 Å². The number of hydrogen-bond acceptors (Lipinski definition) is 7. The third kappa shape index (κ3) is 6.01. The summed E-state index contributed by atoms with van der Waals surface area (Å²) in [5.74, 6) is 0.760. The number of rotatable bonds is 9. The molecule has 1 aromatic rings. The Labute approximate surface area is 335 Å². The van der Waals surface area contributed by atoms with Crippen molar-refractivity contribution < 1.29 is 24.2 Å². The van der Waals surface area contributed by atoms with Gasteiger partial charge < -0.3 is 15.2 Å². The maximum absolute atomic E-state index is 14.1. The van der Waals surface area contributed by atoms with Gasteiger partial charge in [-0.15, -0.1) is 0 Å². The fourth-order valence-corrected chi connectivity index (χ4v) is 14.6. The monoisotopic (exact) mass is 777 g/mol. The number of carbonyl (C=O) groups excluding carboxylic acids is 2. The SMILES string of the molecule is CC(C)C1=C2[C@H]3CC[C@@H]4[C@@]5(C)CC[C@H](OC(=O)[C@H]6C[C@@H](C(=O)O)C6(C)C)C(C)(C)[C@@H]5CC[C@@]4(C)[C@]3(C)CC[C@@]2(CCNC(C)(C)c2ncc(Cl)cn2)CC1=O. The topological polar surface area (TPSA) is 118 Å². The van der Waals surface area contributed by atoms with Crippen molar-refractivity contribution in [2.24, 2.45) is 68.0 Å². The van der Waals surface area contributed by atoms with Crippen LogP contribution in [0.25, 0.3) is 0 Å². The van der Waals surface area contributed by atoms with Gasteiger partial charge in [0.05, 0.1) is 22.4 Å². The summed E-state index contributed by atoms with van der Waals surface area (Å²) in [6.07, 6.45) is 13.7. The van der Waals surface area contributed by atoms with Crippen LogP contribution in [0.3, 0.4) is 0 Å². The van der Waals surface area contributed by atoms with Gasteiger partial charge in [0.2, 0.25) is 0 Å². The minimum Gasteiger partial charge on any atom is -0.481 e. The zero-order valence-electron chi connectivity index (χ0n) is 35.5. The van der Waals surface area contributed by atoms with E-state index < -0.39 is 22.8 Å². The predicted molar refractivity (Wildman–Crippen MR) is 215 cm³/mol. The number of carboxylic acid groups (broad SMARTS) is 1. The van der Waals surface area contributed by atoms with Crippen LogP contribution in [0.4, 0.5) is 0 Å². The van der Waals surface area contributed by atoms with Crippen molar-refractivity contribution in [1.29, 1.82) is 0 Å². The Morgan fingerprint density at radius 3 is 2.20 bits per heavy atom. The lowest BCUT2D eigenvalue weighted by Crippen LogP contribution is -2.66. The molecule has 10 atom stereocenters. The summed E-state index contributed by atoms with van der Waals surface area (Å²) in [6.45, 7) is 25.7. The number of ketones is 1. The van der Waals surface area contributed by atoms with Crippen LogP contribution < -0.4 is 5.32 Å². The fraction of sp³-hybridized carbons (Fsp3) is 0.804. The van der Waals surface area contributed by atoms with E-state index in [1.165, 1.54) is 5.57 Å². The molecule has 5 saturated carbocycles. The van der Waals surface area contributed by atoms with Crippen LogP contribution >= 0.6 is 11.6 Å². The van der Waals surface area contributed by atoms with Gasteiger partial charge in [-0.2, -0.15) is 0 Å². The van der Waals surface area contributed by atoms with Crippen LogP contribution in [0.1, 0.15) is 153 Å². The lowest BCUT2D eigenvalue weighted by atomic mass is 9.33. The van der Waals surface area contributed by atoms with Crippen molar-refractivity contribution >= 4 is 29.3 Å². The van der Waals surface area contributed by atoms with E-state index in [1.54, 1.807) is 12.4 Å². The van der Waals surface area contributed by atoms with E-state index in [4.69, 9.17) is 16.3 Å². The van der Waals surface area contributed by atoms with Gasteiger partial charge in [-0.3, -0.25) is 14.4 Å². The average Bonchev–Trinajstić information content (AvgIpc) is 3.38. The number of esters is 1. The molecule has 9 heteroatoms. The predicted octanol–water partition coefficient (Wildman–Crippen LogP) is 9.98. The molecular formula is C46H68ClN3O5. The van der Waals surface area contributed by atoms with Gasteiger partial charge in [0.15, 0.2) is 5.78 Å². The van der Waals surface area contributed by atoms with Crippen molar-refractivity contribution in [3.63, 3.8) is 0 Å².